The molecule has 29 heavy (non-hydrogen) atoms. The Morgan fingerprint density at radius 2 is 2.00 bits per heavy atom. The zero-order chi connectivity index (χ0) is 21.2. The number of esters is 1. The first-order valence-electron chi connectivity index (χ1n) is 11.0. The van der Waals surface area contributed by atoms with Gasteiger partial charge in [0.1, 0.15) is 0 Å². The predicted molar refractivity (Wildman–Crippen MR) is 125 cm³/mol. The summed E-state index contributed by atoms with van der Waals surface area (Å²) in [5.74, 6) is 1.52. The summed E-state index contributed by atoms with van der Waals surface area (Å²) in [5, 5.41) is 11.0. The van der Waals surface area contributed by atoms with Gasteiger partial charge in [-0.2, -0.15) is 0 Å². The molecule has 6 atom stereocenters. The normalized spacial score (nSPS) is 35.1. The van der Waals surface area contributed by atoms with E-state index in [4.69, 9.17) is 4.74 Å². The summed E-state index contributed by atoms with van der Waals surface area (Å²) in [4.78, 5) is 11.9. The number of hydrogen-bond acceptors (Lipinski definition) is 3. The third-order valence-electron chi connectivity index (χ3n) is 7.75. The third-order valence-corrected chi connectivity index (χ3v) is 8.47. The minimum Gasteiger partial charge on any atom is -0.463 e. The Kier molecular flexibility index (Phi) is 7.47. The number of allylic oxidation sites excluding steroid dienone is 1. The molecule has 2 aliphatic rings. The van der Waals surface area contributed by atoms with Crippen molar-refractivity contribution in [2.24, 2.45) is 29.1 Å². The monoisotopic (exact) mass is 510 g/mol. The quantitative estimate of drug-likeness (QED) is 0.310. The van der Waals surface area contributed by atoms with Crippen molar-refractivity contribution in [3.8, 4) is 0 Å². The maximum atomic E-state index is 11.9. The molecule has 1 aromatic rings. The van der Waals surface area contributed by atoms with Crippen molar-refractivity contribution < 1.29 is 14.6 Å². The van der Waals surface area contributed by atoms with Crippen LogP contribution in [0.1, 0.15) is 58.9 Å². The number of rotatable bonds is 5. The lowest BCUT2D eigenvalue weighted by molar-refractivity contribution is -0.137. The van der Waals surface area contributed by atoms with Gasteiger partial charge in [0.25, 0.3) is 0 Å². The first kappa shape index (κ1) is 22.8. The fourth-order valence-electron chi connectivity index (χ4n) is 5.89. The topological polar surface area (TPSA) is 46.5 Å². The van der Waals surface area contributed by atoms with Crippen LogP contribution in [-0.2, 0) is 16.0 Å². The Balaban J connectivity index is 1.78. The highest BCUT2D eigenvalue weighted by atomic mass is 127. The molecule has 0 saturated heterocycles. The smallest absolute Gasteiger partial charge is 0.330 e. The van der Waals surface area contributed by atoms with Gasteiger partial charge in [0.2, 0.25) is 0 Å². The molecule has 160 valence electrons. The molecule has 0 amide bonds. The highest BCUT2D eigenvalue weighted by molar-refractivity contribution is 14.1. The van der Waals surface area contributed by atoms with Gasteiger partial charge in [-0.15, -0.1) is 0 Å². The molecule has 0 unspecified atom stereocenters. The van der Waals surface area contributed by atoms with E-state index in [1.165, 1.54) is 9.13 Å². The molecule has 1 aromatic carbocycles. The number of fused-ring (bicyclic) bond motifs is 1. The zero-order valence-electron chi connectivity index (χ0n) is 18.2. The van der Waals surface area contributed by atoms with Crippen molar-refractivity contribution in [1.82, 2.24) is 0 Å². The van der Waals surface area contributed by atoms with E-state index < -0.39 is 0 Å². The molecule has 0 bridgehead atoms. The van der Waals surface area contributed by atoms with Crippen LogP contribution in [-0.4, -0.2) is 23.8 Å². The maximum Gasteiger partial charge on any atom is 0.330 e. The summed E-state index contributed by atoms with van der Waals surface area (Å²) in [7, 11) is 0. The van der Waals surface area contributed by atoms with Crippen molar-refractivity contribution in [3.05, 3.63) is 45.0 Å². The number of ether oxygens (including phenoxy) is 1. The van der Waals surface area contributed by atoms with E-state index >= 15 is 0 Å². The second kappa shape index (κ2) is 9.51. The fourth-order valence-corrected chi connectivity index (χ4v) is 6.25. The minimum atomic E-state index is -0.227. The van der Waals surface area contributed by atoms with Crippen molar-refractivity contribution in [3.63, 3.8) is 0 Å². The van der Waals surface area contributed by atoms with Crippen molar-refractivity contribution >= 4 is 28.6 Å². The second-order valence-electron chi connectivity index (χ2n) is 9.43. The van der Waals surface area contributed by atoms with Gasteiger partial charge in [0.15, 0.2) is 0 Å². The zero-order valence-corrected chi connectivity index (χ0v) is 20.3. The van der Waals surface area contributed by atoms with Gasteiger partial charge in [0, 0.05) is 9.65 Å². The van der Waals surface area contributed by atoms with Crippen LogP contribution in [0.4, 0.5) is 0 Å². The minimum absolute atomic E-state index is 0.194. The Morgan fingerprint density at radius 1 is 1.31 bits per heavy atom. The van der Waals surface area contributed by atoms with Crippen LogP contribution in [0.15, 0.2) is 35.9 Å². The lowest BCUT2D eigenvalue weighted by Gasteiger charge is -2.56. The molecule has 3 nitrogen and oxygen atoms in total. The van der Waals surface area contributed by atoms with Gasteiger partial charge in [-0.05, 0) is 115 Å². The average molecular weight is 510 g/mol. The number of aliphatic hydroxyl groups is 1. The lowest BCUT2D eigenvalue weighted by Crippen LogP contribution is -2.52. The van der Waals surface area contributed by atoms with Gasteiger partial charge >= 0.3 is 5.97 Å². The van der Waals surface area contributed by atoms with Crippen LogP contribution in [0.2, 0.25) is 0 Å². The van der Waals surface area contributed by atoms with Crippen LogP contribution in [0.5, 0.6) is 0 Å². The van der Waals surface area contributed by atoms with E-state index in [-0.39, 0.29) is 17.5 Å². The Labute approximate surface area is 189 Å². The molecule has 3 rings (SSSR count). The molecule has 2 aliphatic carbocycles. The lowest BCUT2D eigenvalue weighted by atomic mass is 9.49. The van der Waals surface area contributed by atoms with E-state index in [2.05, 4.69) is 67.6 Å². The largest absolute Gasteiger partial charge is 0.463 e. The summed E-state index contributed by atoms with van der Waals surface area (Å²) in [5.41, 5.74) is 2.67. The van der Waals surface area contributed by atoms with Crippen molar-refractivity contribution in [2.75, 3.05) is 6.61 Å². The van der Waals surface area contributed by atoms with Crippen LogP contribution >= 0.6 is 22.6 Å². The average Bonchev–Trinajstić information content (AvgIpc) is 2.67. The first-order chi connectivity index (χ1) is 13.7. The number of carbonyl (C=O) groups is 1. The molecule has 0 radical (unpaired) electrons. The molecule has 0 heterocycles. The molecular formula is C25H35IO3. The Hall–Kier alpha value is -0.880. The maximum absolute atomic E-state index is 11.9. The summed E-state index contributed by atoms with van der Waals surface area (Å²) in [6.45, 7) is 9.08. The fraction of sp³-hybridized carbons (Fsp3) is 0.640. The predicted octanol–water partition coefficient (Wildman–Crippen LogP) is 5.78. The summed E-state index contributed by atoms with van der Waals surface area (Å²) >= 11 is 2.34. The van der Waals surface area contributed by atoms with Crippen LogP contribution in [0.25, 0.3) is 0 Å². The molecular weight excluding hydrogens is 475 g/mol. The molecule has 4 heteroatoms. The number of carbonyl (C=O) groups excluding carboxylic acids is 1. The van der Waals surface area contributed by atoms with E-state index in [1.807, 2.05) is 6.92 Å². The number of benzene rings is 1. The van der Waals surface area contributed by atoms with Gasteiger partial charge < -0.3 is 9.84 Å². The molecule has 0 aromatic heterocycles. The van der Waals surface area contributed by atoms with Gasteiger partial charge in [-0.1, -0.05) is 31.6 Å². The summed E-state index contributed by atoms with van der Waals surface area (Å²) in [6.07, 6.45) is 6.59. The van der Waals surface area contributed by atoms with E-state index in [1.54, 1.807) is 6.08 Å². The summed E-state index contributed by atoms with van der Waals surface area (Å²) in [6, 6.07) is 8.74. The highest BCUT2D eigenvalue weighted by Crippen LogP contribution is 2.58. The number of halogens is 1. The van der Waals surface area contributed by atoms with E-state index in [9.17, 15) is 9.90 Å². The molecule has 2 fully saturated rings. The molecule has 0 spiro atoms. The Bertz CT molecular complexity index is 741. The number of aliphatic hydroxyl groups excluding tert-OH is 1. The first-order valence-corrected chi connectivity index (χ1v) is 12.1. The van der Waals surface area contributed by atoms with Crippen molar-refractivity contribution in [2.45, 2.75) is 65.9 Å². The van der Waals surface area contributed by atoms with Gasteiger partial charge in [-0.25, -0.2) is 4.79 Å². The van der Waals surface area contributed by atoms with Gasteiger partial charge in [0.05, 0.1) is 12.7 Å². The van der Waals surface area contributed by atoms with Gasteiger partial charge in [-0.3, -0.25) is 0 Å². The third kappa shape index (κ3) is 5.07. The summed E-state index contributed by atoms with van der Waals surface area (Å²) < 4.78 is 6.36. The second-order valence-corrected chi connectivity index (χ2v) is 10.7. The highest BCUT2D eigenvalue weighted by Gasteiger charge is 2.52. The van der Waals surface area contributed by atoms with Crippen LogP contribution < -0.4 is 0 Å². The van der Waals surface area contributed by atoms with E-state index in [0.717, 1.165) is 37.7 Å². The molecule has 2 saturated carbocycles. The van der Waals surface area contributed by atoms with Crippen molar-refractivity contribution in [1.29, 1.82) is 0 Å². The van der Waals surface area contributed by atoms with E-state index in [0.29, 0.717) is 30.3 Å². The standard InChI is InChI=1S/C25H35IO3/c1-5-29-24(28)12-16(2)19-8-11-22-21(14-18-6-9-20(26)10-7-18)23(27)13-17(3)25(22,4)15-19/h6-7,9-10,12,17,19,21-23,27H,5,8,11,13-15H2,1-4H3/b16-12-/t17-,19-,21+,22+,23-,25+/m1/s1. The van der Waals surface area contributed by atoms with Crippen LogP contribution in [0, 0.1) is 32.7 Å². The molecule has 1 N–H and O–H groups in total. The molecule has 0 aliphatic heterocycles. The van der Waals surface area contributed by atoms with Crippen LogP contribution in [0.3, 0.4) is 0 Å². The Morgan fingerprint density at radius 3 is 2.66 bits per heavy atom. The SMILES string of the molecule is CCOC(=O)/C=C(/C)[C@@H]1CC[C@H]2[C@H](Cc3ccc(I)cc3)[C@H](O)C[C@@H](C)[C@]2(C)C1. The number of hydrogen-bond donors (Lipinski definition) is 1.